The molecule has 1 amide bonds. The molecule has 3 heterocycles. The molecule has 0 saturated heterocycles. The van der Waals surface area contributed by atoms with Crippen molar-refractivity contribution in [2.45, 2.75) is 31.2 Å². The molecule has 0 bridgehead atoms. The molecule has 10 heteroatoms. The van der Waals surface area contributed by atoms with Crippen molar-refractivity contribution in [1.82, 2.24) is 15.3 Å². The highest BCUT2D eigenvalue weighted by molar-refractivity contribution is 8.15. The molecular weight excluding hydrogens is 446 g/mol. The number of H-pyrrole nitrogens is 1. The zero-order valence-electron chi connectivity index (χ0n) is 17.7. The van der Waals surface area contributed by atoms with Crippen LogP contribution >= 0.6 is 11.8 Å². The summed E-state index contributed by atoms with van der Waals surface area (Å²) in [7, 11) is -3.41. The van der Waals surface area contributed by atoms with Crippen LogP contribution in [-0.2, 0) is 10.0 Å². The van der Waals surface area contributed by atoms with Gasteiger partial charge in [0, 0.05) is 17.0 Å². The number of amidine groups is 1. The van der Waals surface area contributed by atoms with Crippen molar-refractivity contribution in [2.24, 2.45) is 10.3 Å². The van der Waals surface area contributed by atoms with Gasteiger partial charge < -0.3 is 15.2 Å². The van der Waals surface area contributed by atoms with Gasteiger partial charge in [-0.25, -0.2) is 13.4 Å². The van der Waals surface area contributed by atoms with Crippen molar-refractivity contribution in [3.05, 3.63) is 53.9 Å². The van der Waals surface area contributed by atoms with E-state index < -0.39 is 10.0 Å². The first-order valence-electron chi connectivity index (χ1n) is 10.5. The summed E-state index contributed by atoms with van der Waals surface area (Å²) < 4.78 is 27.5. The van der Waals surface area contributed by atoms with E-state index in [1.54, 1.807) is 12.1 Å². The number of carbonyl (C=O) groups excluding carboxylic acids is 1. The van der Waals surface area contributed by atoms with Crippen LogP contribution in [0.4, 0.5) is 5.69 Å². The second-order valence-electron chi connectivity index (χ2n) is 8.39. The fraction of sp³-hybridized carbons (Fsp3) is 0.318. The number of sulfonamides is 1. The number of para-hydroxylation sites is 2. The van der Waals surface area contributed by atoms with Gasteiger partial charge in [0.1, 0.15) is 5.82 Å². The van der Waals surface area contributed by atoms with E-state index >= 15 is 0 Å². The Morgan fingerprint density at radius 3 is 2.84 bits per heavy atom. The molecule has 32 heavy (non-hydrogen) atoms. The summed E-state index contributed by atoms with van der Waals surface area (Å²) in [5.41, 5.74) is 3.21. The summed E-state index contributed by atoms with van der Waals surface area (Å²) in [5, 5.41) is 3.58. The average molecular weight is 470 g/mol. The second kappa shape index (κ2) is 7.93. The van der Waals surface area contributed by atoms with Crippen LogP contribution in [0.3, 0.4) is 0 Å². The number of imidazole rings is 1. The lowest BCUT2D eigenvalue weighted by Gasteiger charge is -2.22. The van der Waals surface area contributed by atoms with Crippen LogP contribution in [0.15, 0.2) is 51.8 Å². The average Bonchev–Trinajstić information content (AvgIpc) is 3.32. The van der Waals surface area contributed by atoms with Crippen LogP contribution in [0.5, 0.6) is 0 Å². The first-order chi connectivity index (χ1) is 15.3. The van der Waals surface area contributed by atoms with Gasteiger partial charge in [-0.2, -0.15) is 0 Å². The van der Waals surface area contributed by atoms with Crippen molar-refractivity contribution >= 4 is 49.6 Å². The number of carbonyl (C=O) groups is 1. The number of benzene rings is 2. The van der Waals surface area contributed by atoms with Crippen molar-refractivity contribution in [2.75, 3.05) is 17.2 Å². The minimum atomic E-state index is -3.41. The van der Waals surface area contributed by atoms with Gasteiger partial charge in [-0.15, -0.1) is 4.40 Å². The highest BCUT2D eigenvalue weighted by Crippen LogP contribution is 2.42. The minimum Gasteiger partial charge on any atom is -0.342 e. The first kappa shape index (κ1) is 21.0. The zero-order chi connectivity index (χ0) is 22.5. The molecule has 2 aliphatic rings. The van der Waals surface area contributed by atoms with E-state index in [9.17, 15) is 13.2 Å². The highest BCUT2D eigenvalue weighted by atomic mass is 32.2. The monoisotopic (exact) mass is 469 g/mol. The Balaban J connectivity index is 1.40. The normalized spacial score (nSPS) is 17.7. The molecule has 166 valence electrons. The number of anilines is 1. The zero-order valence-corrected chi connectivity index (χ0v) is 19.3. The molecule has 2 N–H and O–H groups in total. The predicted octanol–water partition coefficient (Wildman–Crippen LogP) is 3.69. The number of aromatic nitrogens is 2. The lowest BCUT2D eigenvalue weighted by atomic mass is 10.0. The number of hydrogen-bond acceptors (Lipinski definition) is 6. The van der Waals surface area contributed by atoms with Crippen molar-refractivity contribution < 1.29 is 13.2 Å². The molecule has 1 atom stereocenters. The maximum atomic E-state index is 13.1. The van der Waals surface area contributed by atoms with Gasteiger partial charge in [0.15, 0.2) is 5.17 Å². The van der Waals surface area contributed by atoms with E-state index in [-0.39, 0.29) is 17.7 Å². The molecule has 2 aliphatic heterocycles. The molecule has 5 rings (SSSR count). The molecule has 0 aliphatic carbocycles. The summed E-state index contributed by atoms with van der Waals surface area (Å²) in [6, 6.07) is 13.0. The summed E-state index contributed by atoms with van der Waals surface area (Å²) in [6.07, 6.45) is 0.744. The number of amides is 1. The number of nitrogens with zero attached hydrogens (tertiary/aromatic N) is 3. The first-order valence-corrected chi connectivity index (χ1v) is 12.9. The lowest BCUT2D eigenvalue weighted by Crippen LogP contribution is -2.35. The molecule has 8 nitrogen and oxygen atoms in total. The maximum Gasteiger partial charge on any atom is 0.257 e. The smallest absolute Gasteiger partial charge is 0.257 e. The van der Waals surface area contributed by atoms with E-state index in [0.29, 0.717) is 23.2 Å². The SMILES string of the molecule is CC(C)C[C@H](NC(=O)c1ccc2c(c1)SC1=NS(=O)(=O)CCN12)c1nc2ccccc2[nH]1. The number of aromatic amines is 1. The fourth-order valence-electron chi connectivity index (χ4n) is 3.96. The Morgan fingerprint density at radius 1 is 1.25 bits per heavy atom. The van der Waals surface area contributed by atoms with E-state index in [1.807, 2.05) is 35.2 Å². The summed E-state index contributed by atoms with van der Waals surface area (Å²) in [6.45, 7) is 4.59. The maximum absolute atomic E-state index is 13.1. The number of nitrogens with one attached hydrogen (secondary N) is 2. The van der Waals surface area contributed by atoms with E-state index in [0.717, 1.165) is 33.9 Å². The second-order valence-corrected chi connectivity index (χ2v) is 11.2. The topological polar surface area (TPSA) is 108 Å². The van der Waals surface area contributed by atoms with Crippen molar-refractivity contribution in [3.8, 4) is 0 Å². The van der Waals surface area contributed by atoms with Gasteiger partial charge in [-0.05, 0) is 54.4 Å². The van der Waals surface area contributed by atoms with Gasteiger partial charge in [0.05, 0.1) is 28.5 Å². The number of hydrogen-bond donors (Lipinski definition) is 2. The lowest BCUT2D eigenvalue weighted by molar-refractivity contribution is 0.0930. The minimum absolute atomic E-state index is 0.00683. The van der Waals surface area contributed by atoms with Gasteiger partial charge in [-0.1, -0.05) is 26.0 Å². The molecule has 3 aromatic rings. The van der Waals surface area contributed by atoms with Gasteiger partial charge >= 0.3 is 0 Å². The third-order valence-corrected chi connectivity index (χ3v) is 7.79. The Kier molecular flexibility index (Phi) is 5.21. The number of thioether (sulfide) groups is 1. The molecule has 0 unspecified atom stereocenters. The van der Waals surface area contributed by atoms with E-state index in [4.69, 9.17) is 0 Å². The van der Waals surface area contributed by atoms with Gasteiger partial charge in [0.25, 0.3) is 15.9 Å². The molecule has 0 radical (unpaired) electrons. The Bertz CT molecular complexity index is 1310. The van der Waals surface area contributed by atoms with Gasteiger partial charge in [0.2, 0.25) is 0 Å². The Morgan fingerprint density at radius 2 is 2.06 bits per heavy atom. The van der Waals surface area contributed by atoms with E-state index in [1.165, 1.54) is 11.8 Å². The summed E-state index contributed by atoms with van der Waals surface area (Å²) in [4.78, 5) is 23.9. The molecule has 1 aromatic heterocycles. The third-order valence-electron chi connectivity index (χ3n) is 5.49. The van der Waals surface area contributed by atoms with E-state index in [2.05, 4.69) is 33.5 Å². The predicted molar refractivity (Wildman–Crippen MR) is 127 cm³/mol. The third kappa shape index (κ3) is 4.00. The highest BCUT2D eigenvalue weighted by Gasteiger charge is 2.33. The molecule has 2 aromatic carbocycles. The standard InChI is InChI=1S/C22H23N5O3S2/c1-13(2)11-17(20-23-15-5-3-4-6-16(15)24-20)25-21(28)14-7-8-18-19(12-14)31-22-26-32(29,30)10-9-27(18)22/h3-8,12-13,17H,9-11H2,1-2H3,(H,23,24)(H,25,28)/t17-/m0/s1. The van der Waals surface area contributed by atoms with Gasteiger partial charge in [-0.3, -0.25) is 4.79 Å². The Labute approximate surface area is 190 Å². The largest absolute Gasteiger partial charge is 0.342 e. The summed E-state index contributed by atoms with van der Waals surface area (Å²) >= 11 is 1.28. The van der Waals surface area contributed by atoms with Crippen molar-refractivity contribution in [1.29, 1.82) is 0 Å². The van der Waals surface area contributed by atoms with Crippen LogP contribution < -0.4 is 10.2 Å². The fourth-order valence-corrected chi connectivity index (χ4v) is 6.26. The summed E-state index contributed by atoms with van der Waals surface area (Å²) in [5.74, 6) is 0.895. The molecule has 0 saturated carbocycles. The van der Waals surface area contributed by atoms with Crippen LogP contribution in [0, 0.1) is 5.92 Å². The molecular formula is C22H23N5O3S2. The Hall–Kier alpha value is -2.85. The number of rotatable bonds is 5. The van der Waals surface area contributed by atoms with Crippen molar-refractivity contribution in [3.63, 3.8) is 0 Å². The molecule has 0 spiro atoms. The van der Waals surface area contributed by atoms with Crippen LogP contribution in [0.25, 0.3) is 11.0 Å². The number of fused-ring (bicyclic) bond motifs is 4. The van der Waals surface area contributed by atoms with Crippen LogP contribution in [0.1, 0.15) is 42.5 Å². The van der Waals surface area contributed by atoms with Crippen LogP contribution in [0.2, 0.25) is 0 Å². The van der Waals surface area contributed by atoms with Crippen LogP contribution in [-0.4, -0.2) is 41.8 Å². The molecule has 0 fully saturated rings. The quantitative estimate of drug-likeness (QED) is 0.590.